The van der Waals surface area contributed by atoms with Gasteiger partial charge in [-0.05, 0) is 42.5 Å². The summed E-state index contributed by atoms with van der Waals surface area (Å²) in [5, 5.41) is 1.05. The first-order valence-corrected chi connectivity index (χ1v) is 19.8. The van der Waals surface area contributed by atoms with Crippen LogP contribution in [0.2, 0.25) is 25.2 Å². The molecule has 11 heteroatoms. The molecule has 1 atom stereocenters. The molecule has 2 aromatic heterocycles. The first-order chi connectivity index (χ1) is 23.0. The van der Waals surface area contributed by atoms with E-state index in [1.807, 2.05) is 48.5 Å². The minimum Gasteiger partial charge on any atom is -0.466 e. The number of carbonyl (C=O) groups excluding carboxylic acids is 3. The van der Waals surface area contributed by atoms with Crippen molar-refractivity contribution in [3.05, 3.63) is 98.8 Å². The zero-order valence-electron chi connectivity index (χ0n) is 27.8. The van der Waals surface area contributed by atoms with Gasteiger partial charge in [-0.1, -0.05) is 80.6 Å². The number of hydrogen-bond donors (Lipinski definition) is 0. The molecular formula is C37H40N2O8Si. The molecule has 2 aromatic carbocycles. The number of carbonyl (C=O) groups is 3. The van der Waals surface area contributed by atoms with Crippen LogP contribution in [0.5, 0.6) is 0 Å². The summed E-state index contributed by atoms with van der Waals surface area (Å²) in [6.07, 6.45) is 0.667. The molecule has 2 aliphatic rings. The van der Waals surface area contributed by atoms with Crippen molar-refractivity contribution in [2.24, 2.45) is 0 Å². The molecule has 10 nitrogen and oxygen atoms in total. The SMILES string of the molecule is CC[C@@]1(OC(=O)OCc2ccccc2)C(=O)OCc2c1cc1n(c2=O)Cc2c-1nc1ccccc1c2CC[Si](C)(C)CCCOC(C)=O. The molecule has 0 fully saturated rings. The zero-order valence-corrected chi connectivity index (χ0v) is 28.8. The van der Waals surface area contributed by atoms with Crippen molar-refractivity contribution in [3.8, 4) is 11.4 Å². The van der Waals surface area contributed by atoms with Crippen molar-refractivity contribution in [1.82, 2.24) is 9.55 Å². The Labute approximate surface area is 280 Å². The maximum absolute atomic E-state index is 14.1. The predicted octanol–water partition coefficient (Wildman–Crippen LogP) is 6.64. The summed E-state index contributed by atoms with van der Waals surface area (Å²) in [6, 6.07) is 21.0. The van der Waals surface area contributed by atoms with Gasteiger partial charge in [0.05, 0.1) is 35.6 Å². The molecule has 0 saturated carbocycles. The number of ether oxygens (including phenoxy) is 4. The lowest BCUT2D eigenvalue weighted by Crippen LogP contribution is -2.47. The lowest BCUT2D eigenvalue weighted by molar-refractivity contribution is -0.175. The molecule has 0 aliphatic carbocycles. The molecule has 48 heavy (non-hydrogen) atoms. The van der Waals surface area contributed by atoms with E-state index in [0.29, 0.717) is 30.1 Å². The van der Waals surface area contributed by atoms with E-state index < -0.39 is 25.8 Å². The molecule has 0 radical (unpaired) electrons. The van der Waals surface area contributed by atoms with Crippen LogP contribution in [0.3, 0.4) is 0 Å². The Morgan fingerprint density at radius 1 is 1.00 bits per heavy atom. The number of hydrogen-bond acceptors (Lipinski definition) is 9. The second-order valence-corrected chi connectivity index (χ2v) is 18.6. The number of nitrogens with zero attached hydrogens (tertiary/aromatic N) is 2. The van der Waals surface area contributed by atoms with Crippen LogP contribution in [0, 0.1) is 0 Å². The third kappa shape index (κ3) is 6.38. The third-order valence-corrected chi connectivity index (χ3v) is 12.8. The molecule has 4 aromatic rings. The average Bonchev–Trinajstić information content (AvgIpc) is 3.44. The van der Waals surface area contributed by atoms with Crippen molar-refractivity contribution >= 4 is 37.1 Å². The highest BCUT2D eigenvalue weighted by molar-refractivity contribution is 6.77. The van der Waals surface area contributed by atoms with Gasteiger partial charge in [0, 0.05) is 31.5 Å². The Bertz CT molecular complexity index is 1950. The van der Waals surface area contributed by atoms with E-state index in [-0.39, 0.29) is 36.7 Å². The molecule has 4 heterocycles. The summed E-state index contributed by atoms with van der Waals surface area (Å²) in [6.45, 7) is 8.36. The molecule has 0 spiro atoms. The van der Waals surface area contributed by atoms with E-state index in [9.17, 15) is 19.2 Å². The summed E-state index contributed by atoms with van der Waals surface area (Å²) >= 11 is 0. The number of pyridine rings is 2. The lowest BCUT2D eigenvalue weighted by atomic mass is 9.85. The summed E-state index contributed by atoms with van der Waals surface area (Å²) in [4.78, 5) is 56.8. The number of para-hydroxylation sites is 1. The van der Waals surface area contributed by atoms with Gasteiger partial charge in [-0.25, -0.2) is 14.6 Å². The van der Waals surface area contributed by atoms with Gasteiger partial charge in [-0.3, -0.25) is 9.59 Å². The van der Waals surface area contributed by atoms with Crippen molar-refractivity contribution in [2.45, 2.75) is 83.7 Å². The van der Waals surface area contributed by atoms with Gasteiger partial charge in [0.15, 0.2) is 0 Å². The minimum atomic E-state index is -1.85. The van der Waals surface area contributed by atoms with Crippen molar-refractivity contribution in [2.75, 3.05) is 6.61 Å². The topological polar surface area (TPSA) is 123 Å². The third-order valence-electron chi connectivity index (χ3n) is 9.49. The van der Waals surface area contributed by atoms with Gasteiger partial charge in [0.1, 0.15) is 13.2 Å². The smallest absolute Gasteiger partial charge is 0.466 e. The summed E-state index contributed by atoms with van der Waals surface area (Å²) in [5.41, 5.74) is 3.42. The van der Waals surface area contributed by atoms with Crippen LogP contribution < -0.4 is 5.56 Å². The van der Waals surface area contributed by atoms with E-state index in [2.05, 4.69) is 19.2 Å². The van der Waals surface area contributed by atoms with Crippen molar-refractivity contribution in [1.29, 1.82) is 0 Å². The maximum Gasteiger partial charge on any atom is 0.510 e. The Morgan fingerprint density at radius 3 is 2.50 bits per heavy atom. The van der Waals surface area contributed by atoms with Crippen molar-refractivity contribution in [3.63, 3.8) is 0 Å². The highest BCUT2D eigenvalue weighted by Gasteiger charge is 2.51. The monoisotopic (exact) mass is 668 g/mol. The average molecular weight is 669 g/mol. The number of benzene rings is 2. The van der Waals surface area contributed by atoms with Crippen LogP contribution >= 0.6 is 0 Å². The highest BCUT2D eigenvalue weighted by Crippen LogP contribution is 2.42. The summed E-state index contributed by atoms with van der Waals surface area (Å²) in [5.74, 6) is -1.00. The number of cyclic esters (lactones) is 1. The normalized spacial score (nSPS) is 16.5. The van der Waals surface area contributed by atoms with Gasteiger partial charge in [-0.15, -0.1) is 0 Å². The Morgan fingerprint density at radius 2 is 1.75 bits per heavy atom. The van der Waals surface area contributed by atoms with E-state index in [1.165, 1.54) is 6.92 Å². The number of esters is 2. The molecule has 250 valence electrons. The second-order valence-electron chi connectivity index (χ2n) is 13.2. The van der Waals surface area contributed by atoms with Crippen molar-refractivity contribution < 1.29 is 33.3 Å². The number of rotatable bonds is 11. The number of aryl methyl sites for hydroxylation is 1. The van der Waals surface area contributed by atoms with Crippen LogP contribution in [0.4, 0.5) is 4.79 Å². The lowest BCUT2D eigenvalue weighted by Gasteiger charge is -2.35. The standard InChI is InChI=1S/C37H40N2O8Si/c1-5-37(47-36(43)46-22-25-12-7-6-8-13-25)30-20-32-33-28(21-39(32)34(41)29(30)23-45-35(37)42)26(27-14-9-10-15-31(27)38-33)16-19-48(3,4)18-11-17-44-24(2)40/h6-10,12-15,20H,5,11,16-19,21-23H2,1-4H3/t37-/m0/s1. The number of fused-ring (bicyclic) bond motifs is 5. The van der Waals surface area contributed by atoms with E-state index in [0.717, 1.165) is 52.5 Å². The second kappa shape index (κ2) is 13.4. The van der Waals surface area contributed by atoms with Gasteiger partial charge in [-0.2, -0.15) is 0 Å². The first-order valence-electron chi connectivity index (χ1n) is 16.4. The fourth-order valence-corrected chi connectivity index (χ4v) is 9.08. The minimum absolute atomic E-state index is 0.0345. The molecule has 0 amide bonds. The highest BCUT2D eigenvalue weighted by atomic mass is 28.3. The van der Waals surface area contributed by atoms with Crippen LogP contribution in [-0.4, -0.2) is 42.3 Å². The quantitative estimate of drug-likeness (QED) is 0.0659. The summed E-state index contributed by atoms with van der Waals surface area (Å²) < 4.78 is 23.5. The maximum atomic E-state index is 14.1. The fraction of sp³-hybridized carbons (Fsp3) is 0.378. The fourth-order valence-electron chi connectivity index (χ4n) is 6.80. The largest absolute Gasteiger partial charge is 0.510 e. The Kier molecular flexibility index (Phi) is 9.24. The van der Waals surface area contributed by atoms with E-state index >= 15 is 0 Å². The summed E-state index contributed by atoms with van der Waals surface area (Å²) in [7, 11) is -1.66. The first kappa shape index (κ1) is 33.1. The molecule has 0 saturated heterocycles. The number of aromatic nitrogens is 2. The van der Waals surface area contributed by atoms with E-state index in [4.69, 9.17) is 23.9 Å². The Hall–Kier alpha value is -4.77. The Balaban J connectivity index is 1.35. The molecule has 0 unspecified atom stereocenters. The van der Waals surface area contributed by atoms with Gasteiger partial charge in [0.2, 0.25) is 5.60 Å². The van der Waals surface area contributed by atoms with Crippen LogP contribution in [0.15, 0.2) is 65.5 Å². The molecular weight excluding hydrogens is 628 g/mol. The van der Waals surface area contributed by atoms with Crippen LogP contribution in [-0.2, 0) is 60.3 Å². The molecule has 2 aliphatic heterocycles. The van der Waals surface area contributed by atoms with Crippen LogP contribution in [0.25, 0.3) is 22.3 Å². The van der Waals surface area contributed by atoms with Crippen LogP contribution in [0.1, 0.15) is 54.5 Å². The molecule has 6 rings (SSSR count). The van der Waals surface area contributed by atoms with Gasteiger partial charge >= 0.3 is 18.1 Å². The van der Waals surface area contributed by atoms with Gasteiger partial charge in [0.25, 0.3) is 5.56 Å². The predicted molar refractivity (Wildman–Crippen MR) is 182 cm³/mol. The van der Waals surface area contributed by atoms with E-state index in [1.54, 1.807) is 17.6 Å². The molecule has 0 N–H and O–H groups in total. The molecule has 0 bridgehead atoms. The van der Waals surface area contributed by atoms with Gasteiger partial charge < -0.3 is 23.5 Å². The zero-order chi connectivity index (χ0) is 34.1.